The van der Waals surface area contributed by atoms with Gasteiger partial charge in [0.05, 0.1) is 22.0 Å². The summed E-state index contributed by atoms with van der Waals surface area (Å²) in [7, 11) is 0. The topological polar surface area (TPSA) is 105 Å². The molecule has 0 saturated heterocycles. The van der Waals surface area contributed by atoms with Gasteiger partial charge in [-0.15, -0.1) is 0 Å². The second-order valence-corrected chi connectivity index (χ2v) is 6.45. The van der Waals surface area contributed by atoms with E-state index in [1.54, 1.807) is 18.2 Å². The molecule has 0 aliphatic rings. The van der Waals surface area contributed by atoms with Gasteiger partial charge in [-0.2, -0.15) is 5.10 Å². The molecule has 0 spiro atoms. The van der Waals surface area contributed by atoms with Crippen molar-refractivity contribution in [1.82, 2.24) is 5.43 Å². The summed E-state index contributed by atoms with van der Waals surface area (Å²) in [6, 6.07) is 9.29. The van der Waals surface area contributed by atoms with Gasteiger partial charge in [0.15, 0.2) is 0 Å². The molecule has 124 valence electrons. The maximum Gasteiger partial charge on any atom is 0.273 e. The van der Waals surface area contributed by atoms with Crippen LogP contribution >= 0.6 is 31.9 Å². The van der Waals surface area contributed by atoms with E-state index in [4.69, 9.17) is 0 Å². The molecular weight excluding hydrogens is 446 g/mol. The van der Waals surface area contributed by atoms with Crippen LogP contribution in [0.3, 0.4) is 0 Å². The molecule has 0 atom stereocenters. The van der Waals surface area contributed by atoms with Gasteiger partial charge < -0.3 is 5.11 Å². The number of hydrogen-bond donors (Lipinski definition) is 2. The lowest BCUT2D eigenvalue weighted by Crippen LogP contribution is -2.20. The van der Waals surface area contributed by atoms with E-state index in [1.807, 2.05) is 0 Å². The SMILES string of the molecule is O=C(Cc1ccccc1[N+](=O)[O-])N/N=C/c1cc(Br)cc(Br)c1O. The number of halogens is 2. The predicted molar refractivity (Wildman–Crippen MR) is 96.0 cm³/mol. The number of nitro groups is 1. The van der Waals surface area contributed by atoms with E-state index in [0.717, 1.165) is 4.47 Å². The maximum absolute atomic E-state index is 11.9. The number of nitro benzene ring substituents is 1. The molecule has 7 nitrogen and oxygen atoms in total. The Hall–Kier alpha value is -2.26. The molecule has 0 saturated carbocycles. The molecule has 0 radical (unpaired) electrons. The molecule has 0 aromatic heterocycles. The van der Waals surface area contributed by atoms with Gasteiger partial charge in [0, 0.05) is 21.7 Å². The third kappa shape index (κ3) is 4.62. The van der Waals surface area contributed by atoms with Gasteiger partial charge in [-0.05, 0) is 28.1 Å². The number of phenols is 1. The van der Waals surface area contributed by atoms with Gasteiger partial charge in [-0.3, -0.25) is 14.9 Å². The van der Waals surface area contributed by atoms with Crippen LogP contribution in [-0.2, 0) is 11.2 Å². The predicted octanol–water partition coefficient (Wildman–Crippen LogP) is 3.52. The van der Waals surface area contributed by atoms with E-state index in [2.05, 4.69) is 42.4 Å². The summed E-state index contributed by atoms with van der Waals surface area (Å²) >= 11 is 6.47. The van der Waals surface area contributed by atoms with Crippen LogP contribution in [0.1, 0.15) is 11.1 Å². The van der Waals surface area contributed by atoms with Crippen LogP contribution in [0.15, 0.2) is 50.4 Å². The lowest BCUT2D eigenvalue weighted by Gasteiger charge is -2.04. The van der Waals surface area contributed by atoms with Crippen molar-refractivity contribution in [3.63, 3.8) is 0 Å². The summed E-state index contributed by atoms with van der Waals surface area (Å²) in [5.74, 6) is -0.524. The minimum atomic E-state index is -0.539. The van der Waals surface area contributed by atoms with Crippen molar-refractivity contribution in [2.75, 3.05) is 0 Å². The van der Waals surface area contributed by atoms with Crippen molar-refractivity contribution >= 4 is 49.7 Å². The Morgan fingerprint density at radius 3 is 2.75 bits per heavy atom. The van der Waals surface area contributed by atoms with E-state index in [0.29, 0.717) is 15.6 Å². The fraction of sp³-hybridized carbons (Fsp3) is 0.0667. The van der Waals surface area contributed by atoms with E-state index in [-0.39, 0.29) is 17.9 Å². The van der Waals surface area contributed by atoms with E-state index >= 15 is 0 Å². The summed E-state index contributed by atoms with van der Waals surface area (Å²) in [6.45, 7) is 0. The van der Waals surface area contributed by atoms with Crippen molar-refractivity contribution in [2.24, 2.45) is 5.10 Å². The average Bonchev–Trinajstić information content (AvgIpc) is 2.52. The highest BCUT2D eigenvalue weighted by molar-refractivity contribution is 9.11. The molecule has 0 unspecified atom stereocenters. The third-order valence-electron chi connectivity index (χ3n) is 2.99. The monoisotopic (exact) mass is 455 g/mol. The normalized spacial score (nSPS) is 10.8. The number of amides is 1. The highest BCUT2D eigenvalue weighted by Gasteiger charge is 2.15. The zero-order valence-electron chi connectivity index (χ0n) is 12.1. The Bertz CT molecular complexity index is 824. The summed E-state index contributed by atoms with van der Waals surface area (Å²) in [5.41, 5.74) is 2.84. The Morgan fingerprint density at radius 2 is 2.04 bits per heavy atom. The van der Waals surface area contributed by atoms with Crippen LogP contribution < -0.4 is 5.43 Å². The number of phenolic OH excluding ortho intramolecular Hbond substituents is 1. The molecular formula is C15H11Br2N3O4. The van der Waals surface area contributed by atoms with Crippen molar-refractivity contribution in [1.29, 1.82) is 0 Å². The highest BCUT2D eigenvalue weighted by Crippen LogP contribution is 2.30. The first kappa shape index (κ1) is 18.1. The van der Waals surface area contributed by atoms with E-state index < -0.39 is 10.8 Å². The summed E-state index contributed by atoms with van der Waals surface area (Å²) in [5, 5.41) is 24.5. The Morgan fingerprint density at radius 1 is 1.33 bits per heavy atom. The lowest BCUT2D eigenvalue weighted by atomic mass is 10.1. The standard InChI is InChI=1S/C15H11Br2N3O4/c16-11-5-10(15(22)12(17)7-11)8-18-19-14(21)6-9-3-1-2-4-13(9)20(23)24/h1-5,7-8,22H,6H2,(H,19,21)/b18-8+. The first-order valence-corrected chi connectivity index (χ1v) is 8.19. The number of rotatable bonds is 5. The van der Waals surface area contributed by atoms with Crippen LogP contribution in [0, 0.1) is 10.1 Å². The highest BCUT2D eigenvalue weighted by atomic mass is 79.9. The number of nitrogens with one attached hydrogen (secondary N) is 1. The van der Waals surface area contributed by atoms with Crippen LogP contribution in [0.2, 0.25) is 0 Å². The quantitative estimate of drug-likeness (QED) is 0.408. The second kappa shape index (κ2) is 8.02. The summed E-state index contributed by atoms with van der Waals surface area (Å²) in [6.07, 6.45) is 1.10. The maximum atomic E-state index is 11.9. The number of hydrogen-bond acceptors (Lipinski definition) is 5. The number of para-hydroxylation sites is 1. The first-order valence-electron chi connectivity index (χ1n) is 6.60. The van der Waals surface area contributed by atoms with E-state index in [9.17, 15) is 20.0 Å². The number of hydrazone groups is 1. The fourth-order valence-electron chi connectivity index (χ4n) is 1.91. The van der Waals surface area contributed by atoms with Crippen LogP contribution in [-0.4, -0.2) is 22.2 Å². The zero-order chi connectivity index (χ0) is 17.7. The number of carbonyl (C=O) groups excluding carboxylic acids is 1. The molecule has 2 aromatic carbocycles. The minimum Gasteiger partial charge on any atom is -0.506 e. The zero-order valence-corrected chi connectivity index (χ0v) is 15.2. The fourth-order valence-corrected chi connectivity index (χ4v) is 3.17. The van der Waals surface area contributed by atoms with Gasteiger partial charge in [0.25, 0.3) is 5.69 Å². The summed E-state index contributed by atoms with van der Waals surface area (Å²) in [4.78, 5) is 22.2. The molecule has 0 fully saturated rings. The van der Waals surface area contributed by atoms with Crippen molar-refractivity contribution < 1.29 is 14.8 Å². The van der Waals surface area contributed by atoms with Gasteiger partial charge in [-0.1, -0.05) is 34.1 Å². The Balaban J connectivity index is 2.06. The molecule has 0 heterocycles. The van der Waals surface area contributed by atoms with Gasteiger partial charge >= 0.3 is 0 Å². The first-order chi connectivity index (χ1) is 11.4. The Kier molecular flexibility index (Phi) is 6.04. The van der Waals surface area contributed by atoms with Crippen LogP contribution in [0.4, 0.5) is 5.69 Å². The van der Waals surface area contributed by atoms with Crippen molar-refractivity contribution in [3.05, 3.63) is 66.6 Å². The molecule has 0 aliphatic heterocycles. The molecule has 0 aliphatic carbocycles. The number of benzene rings is 2. The van der Waals surface area contributed by atoms with Crippen LogP contribution in [0.25, 0.3) is 0 Å². The molecule has 24 heavy (non-hydrogen) atoms. The smallest absolute Gasteiger partial charge is 0.273 e. The van der Waals surface area contributed by atoms with Gasteiger partial charge in [-0.25, -0.2) is 5.43 Å². The van der Waals surface area contributed by atoms with Crippen LogP contribution in [0.5, 0.6) is 5.75 Å². The number of aromatic hydroxyl groups is 1. The molecule has 2 aromatic rings. The molecule has 2 N–H and O–H groups in total. The Labute approximate surface area is 153 Å². The van der Waals surface area contributed by atoms with Crippen molar-refractivity contribution in [2.45, 2.75) is 6.42 Å². The average molecular weight is 457 g/mol. The van der Waals surface area contributed by atoms with Crippen molar-refractivity contribution in [3.8, 4) is 5.75 Å². The molecule has 2 rings (SSSR count). The largest absolute Gasteiger partial charge is 0.506 e. The number of carbonyl (C=O) groups is 1. The van der Waals surface area contributed by atoms with Gasteiger partial charge in [0.2, 0.25) is 5.91 Å². The lowest BCUT2D eigenvalue weighted by molar-refractivity contribution is -0.385. The second-order valence-electron chi connectivity index (χ2n) is 4.68. The number of nitrogens with zero attached hydrogens (tertiary/aromatic N) is 2. The minimum absolute atomic E-state index is 0.0186. The van der Waals surface area contributed by atoms with Gasteiger partial charge in [0.1, 0.15) is 5.75 Å². The molecule has 0 bridgehead atoms. The molecule has 9 heteroatoms. The summed E-state index contributed by atoms with van der Waals surface area (Å²) < 4.78 is 1.20. The third-order valence-corrected chi connectivity index (χ3v) is 4.05. The van der Waals surface area contributed by atoms with E-state index in [1.165, 1.54) is 24.4 Å². The molecule has 1 amide bonds.